The Hall–Kier alpha value is -1.31. The molecule has 2 heteroatoms. The first-order valence-electron chi connectivity index (χ1n) is 5.66. The minimum atomic E-state index is 0.452. The van der Waals surface area contributed by atoms with Crippen LogP contribution >= 0.6 is 0 Å². The molecule has 80 valence electrons. The summed E-state index contributed by atoms with van der Waals surface area (Å²) in [6.45, 7) is 6.26. The minimum absolute atomic E-state index is 0.452. The molecule has 1 aliphatic rings. The molecule has 1 aliphatic heterocycles. The topological polar surface area (TPSA) is 24.4 Å². The molecular formula is C13H18N2. The lowest BCUT2D eigenvalue weighted by atomic mass is 9.94. The first-order valence-corrected chi connectivity index (χ1v) is 5.66. The van der Waals surface area contributed by atoms with E-state index in [9.17, 15) is 0 Å². The second-order valence-electron chi connectivity index (χ2n) is 4.07. The zero-order valence-electron chi connectivity index (χ0n) is 9.46. The average Bonchev–Trinajstić information content (AvgIpc) is 2.75. The van der Waals surface area contributed by atoms with Gasteiger partial charge in [0, 0.05) is 12.5 Å². The number of hydrogen-bond donors (Lipinski definition) is 1. The van der Waals surface area contributed by atoms with Crippen LogP contribution in [0, 0.1) is 6.92 Å². The maximum absolute atomic E-state index is 4.51. The second-order valence-corrected chi connectivity index (χ2v) is 4.07. The van der Waals surface area contributed by atoms with Crippen LogP contribution in [0.1, 0.15) is 30.4 Å². The Morgan fingerprint density at radius 1 is 1.33 bits per heavy atom. The molecule has 15 heavy (non-hydrogen) atoms. The molecule has 0 aromatic heterocycles. The van der Waals surface area contributed by atoms with Crippen LogP contribution in [0.2, 0.25) is 0 Å². The molecule has 0 radical (unpaired) electrons. The van der Waals surface area contributed by atoms with Gasteiger partial charge in [-0.1, -0.05) is 36.8 Å². The molecule has 1 atom stereocenters. The summed E-state index contributed by atoms with van der Waals surface area (Å²) in [6.07, 6.45) is 1.11. The Morgan fingerprint density at radius 2 is 2.07 bits per heavy atom. The highest BCUT2D eigenvalue weighted by atomic mass is 15.1. The van der Waals surface area contributed by atoms with Gasteiger partial charge in [0.05, 0.1) is 6.54 Å². The summed E-state index contributed by atoms with van der Waals surface area (Å²) in [6, 6.07) is 8.78. The molecular weight excluding hydrogens is 184 g/mol. The lowest BCUT2D eigenvalue weighted by molar-refractivity contribution is 0.814. The maximum Gasteiger partial charge on any atom is 0.104 e. The molecule has 2 nitrogen and oxygen atoms in total. The van der Waals surface area contributed by atoms with E-state index in [0.717, 1.165) is 19.5 Å². The van der Waals surface area contributed by atoms with Gasteiger partial charge in [-0.15, -0.1) is 0 Å². The fourth-order valence-electron chi connectivity index (χ4n) is 2.04. The van der Waals surface area contributed by atoms with Gasteiger partial charge in [-0.05, 0) is 18.9 Å². The highest BCUT2D eigenvalue weighted by Crippen LogP contribution is 2.21. The van der Waals surface area contributed by atoms with E-state index in [0.29, 0.717) is 5.92 Å². The molecule has 0 saturated carbocycles. The van der Waals surface area contributed by atoms with Gasteiger partial charge in [0.25, 0.3) is 0 Å². The second kappa shape index (κ2) is 4.47. The predicted molar refractivity (Wildman–Crippen MR) is 64.5 cm³/mol. The lowest BCUT2D eigenvalue weighted by Gasteiger charge is -2.16. The average molecular weight is 202 g/mol. The van der Waals surface area contributed by atoms with Crippen LogP contribution in [0.5, 0.6) is 0 Å². The third-order valence-corrected chi connectivity index (χ3v) is 2.92. The van der Waals surface area contributed by atoms with Crippen molar-refractivity contribution in [3.8, 4) is 0 Å². The van der Waals surface area contributed by atoms with Crippen molar-refractivity contribution < 1.29 is 0 Å². The maximum atomic E-state index is 4.51. The SMILES string of the molecule is CC[C@H](C1=NCCN1)c1ccc(C)cc1. The summed E-state index contributed by atoms with van der Waals surface area (Å²) in [5.41, 5.74) is 2.69. The van der Waals surface area contributed by atoms with E-state index in [1.807, 2.05) is 0 Å². The van der Waals surface area contributed by atoms with Crippen molar-refractivity contribution >= 4 is 5.84 Å². The van der Waals surface area contributed by atoms with Crippen molar-refractivity contribution in [1.82, 2.24) is 5.32 Å². The molecule has 1 heterocycles. The van der Waals surface area contributed by atoms with E-state index in [-0.39, 0.29) is 0 Å². The van der Waals surface area contributed by atoms with Gasteiger partial charge in [0.15, 0.2) is 0 Å². The number of aryl methyl sites for hydroxylation is 1. The van der Waals surface area contributed by atoms with Crippen molar-refractivity contribution in [2.24, 2.45) is 4.99 Å². The van der Waals surface area contributed by atoms with Crippen LogP contribution in [0.4, 0.5) is 0 Å². The number of hydrogen-bond acceptors (Lipinski definition) is 2. The summed E-state index contributed by atoms with van der Waals surface area (Å²) >= 11 is 0. The summed E-state index contributed by atoms with van der Waals surface area (Å²) < 4.78 is 0. The monoisotopic (exact) mass is 202 g/mol. The first-order chi connectivity index (χ1) is 7.31. The van der Waals surface area contributed by atoms with Crippen molar-refractivity contribution in [3.63, 3.8) is 0 Å². The van der Waals surface area contributed by atoms with Gasteiger partial charge in [-0.3, -0.25) is 4.99 Å². The third kappa shape index (κ3) is 2.20. The largest absolute Gasteiger partial charge is 0.371 e. The Bertz CT molecular complexity index is 351. The number of nitrogens with zero attached hydrogens (tertiary/aromatic N) is 1. The van der Waals surface area contributed by atoms with E-state index in [4.69, 9.17) is 0 Å². The lowest BCUT2D eigenvalue weighted by Crippen LogP contribution is -2.25. The summed E-state index contributed by atoms with van der Waals surface area (Å²) in [7, 11) is 0. The van der Waals surface area contributed by atoms with Crippen LogP contribution < -0.4 is 5.32 Å². The van der Waals surface area contributed by atoms with Crippen molar-refractivity contribution in [2.75, 3.05) is 13.1 Å². The molecule has 0 amide bonds. The number of rotatable bonds is 3. The van der Waals surface area contributed by atoms with E-state index in [1.54, 1.807) is 0 Å². The number of aliphatic imine (C=N–C) groups is 1. The summed E-state index contributed by atoms with van der Waals surface area (Å²) in [5, 5.41) is 3.37. The summed E-state index contributed by atoms with van der Waals surface area (Å²) in [4.78, 5) is 4.51. The molecule has 0 aliphatic carbocycles. The fraction of sp³-hybridized carbons (Fsp3) is 0.462. The molecule has 1 N–H and O–H groups in total. The zero-order chi connectivity index (χ0) is 10.7. The van der Waals surface area contributed by atoms with Gasteiger partial charge in [0.2, 0.25) is 0 Å². The van der Waals surface area contributed by atoms with Crippen LogP contribution in [-0.2, 0) is 0 Å². The van der Waals surface area contributed by atoms with Gasteiger partial charge < -0.3 is 5.32 Å². The van der Waals surface area contributed by atoms with Gasteiger partial charge in [-0.25, -0.2) is 0 Å². The summed E-state index contributed by atoms with van der Waals surface area (Å²) in [5.74, 6) is 1.62. The molecule has 0 spiro atoms. The third-order valence-electron chi connectivity index (χ3n) is 2.92. The Morgan fingerprint density at radius 3 is 2.60 bits per heavy atom. The minimum Gasteiger partial charge on any atom is -0.371 e. The van der Waals surface area contributed by atoms with E-state index in [1.165, 1.54) is 17.0 Å². The van der Waals surface area contributed by atoms with E-state index < -0.39 is 0 Å². The molecule has 1 aromatic carbocycles. The molecule has 2 rings (SSSR count). The molecule has 0 bridgehead atoms. The van der Waals surface area contributed by atoms with Crippen LogP contribution in [0.25, 0.3) is 0 Å². The standard InChI is InChI=1S/C13H18N2/c1-3-12(13-14-8-9-15-13)11-6-4-10(2)5-7-11/h4-7,12H,3,8-9H2,1-2H3,(H,14,15)/t12-/m0/s1. The van der Waals surface area contributed by atoms with Crippen LogP contribution in [0.3, 0.4) is 0 Å². The molecule has 0 saturated heterocycles. The Kier molecular flexibility index (Phi) is 3.05. The van der Waals surface area contributed by atoms with Gasteiger partial charge >= 0.3 is 0 Å². The van der Waals surface area contributed by atoms with E-state index in [2.05, 4.69) is 48.4 Å². The van der Waals surface area contributed by atoms with Crippen molar-refractivity contribution in [3.05, 3.63) is 35.4 Å². The zero-order valence-corrected chi connectivity index (χ0v) is 9.46. The first kappa shape index (κ1) is 10.2. The smallest absolute Gasteiger partial charge is 0.104 e. The normalized spacial score (nSPS) is 17.1. The van der Waals surface area contributed by atoms with E-state index >= 15 is 0 Å². The molecule has 0 unspecified atom stereocenters. The number of benzene rings is 1. The molecule has 0 fully saturated rings. The highest BCUT2D eigenvalue weighted by Gasteiger charge is 2.18. The quantitative estimate of drug-likeness (QED) is 0.800. The van der Waals surface area contributed by atoms with Gasteiger partial charge in [0.1, 0.15) is 5.84 Å². The number of amidine groups is 1. The van der Waals surface area contributed by atoms with Crippen LogP contribution in [0.15, 0.2) is 29.3 Å². The van der Waals surface area contributed by atoms with Crippen LogP contribution in [-0.4, -0.2) is 18.9 Å². The Balaban J connectivity index is 2.22. The molecule has 1 aromatic rings. The van der Waals surface area contributed by atoms with Gasteiger partial charge in [-0.2, -0.15) is 0 Å². The number of nitrogens with one attached hydrogen (secondary N) is 1. The highest BCUT2D eigenvalue weighted by molar-refractivity contribution is 5.90. The fourth-order valence-corrected chi connectivity index (χ4v) is 2.04. The Labute approximate surface area is 91.4 Å². The predicted octanol–water partition coefficient (Wildman–Crippen LogP) is 2.49. The van der Waals surface area contributed by atoms with Crippen molar-refractivity contribution in [1.29, 1.82) is 0 Å². The van der Waals surface area contributed by atoms with Crippen molar-refractivity contribution in [2.45, 2.75) is 26.2 Å².